The highest BCUT2D eigenvalue weighted by Crippen LogP contribution is 2.19. The largest absolute Gasteiger partial charge is 0.387 e. The van der Waals surface area contributed by atoms with E-state index in [9.17, 15) is 5.11 Å². The van der Waals surface area contributed by atoms with Gasteiger partial charge in [-0.2, -0.15) is 0 Å². The van der Waals surface area contributed by atoms with Crippen LogP contribution >= 0.6 is 0 Å². The zero-order valence-electron chi connectivity index (χ0n) is 12.1. The van der Waals surface area contributed by atoms with E-state index in [1.54, 1.807) is 19.3 Å². The maximum atomic E-state index is 9.49. The van der Waals surface area contributed by atoms with E-state index in [4.69, 9.17) is 0 Å². The van der Waals surface area contributed by atoms with Crippen LogP contribution in [0, 0.1) is 0 Å². The van der Waals surface area contributed by atoms with Crippen LogP contribution in [-0.2, 0) is 0 Å². The van der Waals surface area contributed by atoms with Crippen molar-refractivity contribution in [3.05, 3.63) is 42.5 Å². The highest BCUT2D eigenvalue weighted by molar-refractivity contribution is 5.47. The van der Waals surface area contributed by atoms with Crippen LogP contribution < -0.4 is 9.80 Å². The molecule has 6 heteroatoms. The SMILES string of the molecule is C[C@@H](O)c1ccc(N2CCN(c3ncccn3)CC2)cn1. The lowest BCUT2D eigenvalue weighted by Gasteiger charge is -2.35. The molecule has 0 aliphatic carbocycles. The number of hydrogen-bond acceptors (Lipinski definition) is 6. The molecule has 1 saturated heterocycles. The molecule has 21 heavy (non-hydrogen) atoms. The number of aromatic nitrogens is 3. The van der Waals surface area contributed by atoms with E-state index in [0.29, 0.717) is 5.69 Å². The summed E-state index contributed by atoms with van der Waals surface area (Å²) in [6.45, 7) is 5.33. The van der Waals surface area contributed by atoms with Gasteiger partial charge in [0.05, 0.1) is 23.7 Å². The van der Waals surface area contributed by atoms with Gasteiger partial charge in [-0.1, -0.05) is 0 Å². The van der Waals surface area contributed by atoms with Gasteiger partial charge in [0.25, 0.3) is 0 Å². The van der Waals surface area contributed by atoms with Crippen LogP contribution in [-0.4, -0.2) is 46.2 Å². The molecule has 2 aromatic heterocycles. The molecular formula is C15H19N5O. The van der Waals surface area contributed by atoms with Crippen molar-refractivity contribution in [2.24, 2.45) is 0 Å². The summed E-state index contributed by atoms with van der Waals surface area (Å²) in [7, 11) is 0. The Balaban J connectivity index is 1.63. The van der Waals surface area contributed by atoms with Crippen molar-refractivity contribution in [1.82, 2.24) is 15.0 Å². The van der Waals surface area contributed by atoms with E-state index in [-0.39, 0.29) is 0 Å². The van der Waals surface area contributed by atoms with Crippen LogP contribution in [0.4, 0.5) is 11.6 Å². The average molecular weight is 285 g/mol. The van der Waals surface area contributed by atoms with Crippen molar-refractivity contribution < 1.29 is 5.11 Å². The average Bonchev–Trinajstić information content (AvgIpc) is 2.56. The number of hydrogen-bond donors (Lipinski definition) is 1. The molecule has 0 bridgehead atoms. The molecule has 2 aromatic rings. The molecule has 0 saturated carbocycles. The second kappa shape index (κ2) is 6.05. The van der Waals surface area contributed by atoms with Gasteiger partial charge in [0.15, 0.2) is 0 Å². The minimum Gasteiger partial charge on any atom is -0.387 e. The molecular weight excluding hydrogens is 266 g/mol. The van der Waals surface area contributed by atoms with Crippen molar-refractivity contribution in [2.75, 3.05) is 36.0 Å². The van der Waals surface area contributed by atoms with Gasteiger partial charge < -0.3 is 14.9 Å². The zero-order valence-corrected chi connectivity index (χ0v) is 12.1. The smallest absolute Gasteiger partial charge is 0.225 e. The van der Waals surface area contributed by atoms with Crippen LogP contribution in [0.3, 0.4) is 0 Å². The third kappa shape index (κ3) is 3.11. The summed E-state index contributed by atoms with van der Waals surface area (Å²) in [6.07, 6.45) is 4.85. The first-order valence-corrected chi connectivity index (χ1v) is 7.15. The van der Waals surface area contributed by atoms with Gasteiger partial charge in [0, 0.05) is 38.6 Å². The van der Waals surface area contributed by atoms with Crippen molar-refractivity contribution in [3.8, 4) is 0 Å². The molecule has 6 nitrogen and oxygen atoms in total. The van der Waals surface area contributed by atoms with E-state index < -0.39 is 6.10 Å². The molecule has 1 fully saturated rings. The van der Waals surface area contributed by atoms with Crippen LogP contribution in [0.25, 0.3) is 0 Å². The molecule has 0 spiro atoms. The van der Waals surface area contributed by atoms with Crippen LogP contribution in [0.5, 0.6) is 0 Å². The van der Waals surface area contributed by atoms with Gasteiger partial charge in [-0.25, -0.2) is 9.97 Å². The summed E-state index contributed by atoms with van der Waals surface area (Å²) in [6, 6.07) is 5.73. The first-order valence-electron chi connectivity index (χ1n) is 7.15. The number of rotatable bonds is 3. The van der Waals surface area contributed by atoms with E-state index in [2.05, 4.69) is 24.8 Å². The number of piperazine rings is 1. The van der Waals surface area contributed by atoms with Crippen molar-refractivity contribution >= 4 is 11.6 Å². The summed E-state index contributed by atoms with van der Waals surface area (Å²) >= 11 is 0. The summed E-state index contributed by atoms with van der Waals surface area (Å²) in [4.78, 5) is 17.4. The Bertz CT molecular complexity index is 564. The predicted molar refractivity (Wildman–Crippen MR) is 81.3 cm³/mol. The molecule has 1 N–H and O–H groups in total. The second-order valence-corrected chi connectivity index (χ2v) is 5.14. The van der Waals surface area contributed by atoms with E-state index in [1.807, 2.05) is 24.4 Å². The second-order valence-electron chi connectivity index (χ2n) is 5.14. The lowest BCUT2D eigenvalue weighted by molar-refractivity contribution is 0.194. The van der Waals surface area contributed by atoms with Crippen LogP contribution in [0.2, 0.25) is 0 Å². The Morgan fingerprint density at radius 2 is 1.67 bits per heavy atom. The van der Waals surface area contributed by atoms with Gasteiger partial charge in [0.1, 0.15) is 0 Å². The summed E-state index contributed by atoms with van der Waals surface area (Å²) in [5.74, 6) is 0.791. The van der Waals surface area contributed by atoms with Gasteiger partial charge >= 0.3 is 0 Å². The fourth-order valence-corrected chi connectivity index (χ4v) is 2.45. The Hall–Kier alpha value is -2.21. The van der Waals surface area contributed by atoms with Crippen molar-refractivity contribution in [3.63, 3.8) is 0 Å². The lowest BCUT2D eigenvalue weighted by atomic mass is 10.2. The normalized spacial score (nSPS) is 16.9. The fourth-order valence-electron chi connectivity index (χ4n) is 2.45. The van der Waals surface area contributed by atoms with E-state index in [1.165, 1.54) is 0 Å². The third-order valence-corrected chi connectivity index (χ3v) is 3.68. The van der Waals surface area contributed by atoms with Gasteiger partial charge in [-0.15, -0.1) is 0 Å². The van der Waals surface area contributed by atoms with Crippen LogP contribution in [0.1, 0.15) is 18.7 Å². The highest BCUT2D eigenvalue weighted by atomic mass is 16.3. The number of aliphatic hydroxyl groups excluding tert-OH is 1. The summed E-state index contributed by atoms with van der Waals surface area (Å²) in [5.41, 5.74) is 1.79. The standard InChI is InChI=1S/C15H19N5O/c1-12(21)14-4-3-13(11-18-14)19-7-9-20(10-8-19)15-16-5-2-6-17-15/h2-6,11-12,21H,7-10H2,1H3/t12-/m1/s1. The number of anilines is 2. The first-order chi connectivity index (χ1) is 10.2. The molecule has 0 aromatic carbocycles. The van der Waals surface area contributed by atoms with Crippen molar-refractivity contribution in [2.45, 2.75) is 13.0 Å². The summed E-state index contributed by atoms with van der Waals surface area (Å²) < 4.78 is 0. The number of nitrogens with zero attached hydrogens (tertiary/aromatic N) is 5. The van der Waals surface area contributed by atoms with Gasteiger partial charge in [-0.3, -0.25) is 4.98 Å². The molecule has 1 atom stereocenters. The number of pyridine rings is 1. The fraction of sp³-hybridized carbons (Fsp3) is 0.400. The maximum absolute atomic E-state index is 9.49. The predicted octanol–water partition coefficient (Wildman–Crippen LogP) is 1.25. The molecule has 1 aliphatic heterocycles. The quantitative estimate of drug-likeness (QED) is 0.915. The van der Waals surface area contributed by atoms with Gasteiger partial charge in [-0.05, 0) is 25.1 Å². The topological polar surface area (TPSA) is 65.4 Å². The van der Waals surface area contributed by atoms with Crippen molar-refractivity contribution in [1.29, 1.82) is 0 Å². The van der Waals surface area contributed by atoms with E-state index in [0.717, 1.165) is 37.8 Å². The number of aliphatic hydroxyl groups is 1. The van der Waals surface area contributed by atoms with Crippen LogP contribution in [0.15, 0.2) is 36.8 Å². The maximum Gasteiger partial charge on any atom is 0.225 e. The Kier molecular flexibility index (Phi) is 3.96. The third-order valence-electron chi connectivity index (χ3n) is 3.68. The molecule has 3 rings (SSSR count). The Morgan fingerprint density at radius 3 is 2.24 bits per heavy atom. The zero-order chi connectivity index (χ0) is 14.7. The Labute approximate surface area is 124 Å². The molecule has 1 aliphatic rings. The molecule has 110 valence electrons. The molecule has 0 amide bonds. The molecule has 0 radical (unpaired) electrons. The minimum absolute atomic E-state index is 0.522. The molecule has 3 heterocycles. The first kappa shape index (κ1) is 13.8. The Morgan fingerprint density at radius 1 is 1.00 bits per heavy atom. The molecule has 0 unspecified atom stereocenters. The lowest BCUT2D eigenvalue weighted by Crippen LogP contribution is -2.47. The summed E-state index contributed by atoms with van der Waals surface area (Å²) in [5, 5.41) is 9.49. The van der Waals surface area contributed by atoms with E-state index >= 15 is 0 Å². The monoisotopic (exact) mass is 285 g/mol. The minimum atomic E-state index is -0.522. The van der Waals surface area contributed by atoms with Gasteiger partial charge in [0.2, 0.25) is 5.95 Å². The highest BCUT2D eigenvalue weighted by Gasteiger charge is 2.19.